The summed E-state index contributed by atoms with van der Waals surface area (Å²) in [5.74, 6) is 0. The van der Waals surface area contributed by atoms with Crippen molar-refractivity contribution < 1.29 is 20.1 Å². The number of rotatable bonds is 2. The van der Waals surface area contributed by atoms with Crippen LogP contribution < -0.4 is 0 Å². The molecule has 1 aliphatic heterocycles. The van der Waals surface area contributed by atoms with Crippen molar-refractivity contribution in [1.82, 2.24) is 9.97 Å². The number of thiazole rings is 2. The Morgan fingerprint density at radius 3 is 1.78 bits per heavy atom. The lowest BCUT2D eigenvalue weighted by molar-refractivity contribution is -0.00588. The van der Waals surface area contributed by atoms with Crippen molar-refractivity contribution >= 4 is 43.1 Å². The van der Waals surface area contributed by atoms with Crippen LogP contribution in [0.5, 0.6) is 0 Å². The van der Waals surface area contributed by atoms with Gasteiger partial charge in [-0.05, 0) is 24.3 Å². The summed E-state index contributed by atoms with van der Waals surface area (Å²) in [6, 6.07) is 16.4. The number of fused-ring (bicyclic) bond motifs is 2. The fraction of sp³-hybridized carbons (Fsp3) is 0.263. The molecule has 0 unspecified atom stereocenters. The summed E-state index contributed by atoms with van der Waals surface area (Å²) in [6.45, 7) is -0.120. The third kappa shape index (κ3) is 3.86. The molecule has 1 saturated heterocycles. The molecule has 8 heteroatoms. The van der Waals surface area contributed by atoms with Gasteiger partial charge in [-0.15, -0.1) is 22.7 Å². The molecule has 3 atom stereocenters. The zero-order valence-corrected chi connectivity index (χ0v) is 15.9. The Kier molecular flexibility index (Phi) is 5.44. The van der Waals surface area contributed by atoms with Crippen molar-refractivity contribution in [3.05, 3.63) is 48.5 Å². The van der Waals surface area contributed by atoms with Crippen LogP contribution in [-0.2, 0) is 4.74 Å². The smallest absolute Gasteiger partial charge is 0.153 e. The first kappa shape index (κ1) is 18.4. The number of ether oxygens (including phenoxy) is 1. The van der Waals surface area contributed by atoms with Gasteiger partial charge in [-0.2, -0.15) is 0 Å². The van der Waals surface area contributed by atoms with Crippen LogP contribution in [0.1, 0.15) is 0 Å². The van der Waals surface area contributed by atoms with Crippen LogP contribution in [0.2, 0.25) is 0 Å². The van der Waals surface area contributed by atoms with Crippen LogP contribution >= 0.6 is 22.7 Å². The van der Waals surface area contributed by atoms with Gasteiger partial charge >= 0.3 is 0 Å². The molecule has 0 bridgehead atoms. The molecule has 6 nitrogen and oxygen atoms in total. The maximum Gasteiger partial charge on any atom is 0.153 e. The maximum absolute atomic E-state index is 8.92. The van der Waals surface area contributed by atoms with Gasteiger partial charge in [-0.1, -0.05) is 24.3 Å². The first-order valence-electron chi connectivity index (χ1n) is 8.46. The molecule has 3 heterocycles. The Balaban J connectivity index is 0.000000170. The van der Waals surface area contributed by atoms with Gasteiger partial charge in [-0.25, -0.2) is 9.97 Å². The molecule has 4 aromatic rings. The lowest BCUT2D eigenvalue weighted by atomic mass is 10.2. The quantitative estimate of drug-likeness (QED) is 0.477. The van der Waals surface area contributed by atoms with Crippen LogP contribution in [0.15, 0.2) is 48.5 Å². The highest BCUT2D eigenvalue weighted by Crippen LogP contribution is 2.34. The Bertz CT molecular complexity index is 910. The van der Waals surface area contributed by atoms with E-state index in [1.807, 2.05) is 36.4 Å². The summed E-state index contributed by atoms with van der Waals surface area (Å²) in [5.41, 5.74) is 2.11. The maximum atomic E-state index is 8.92. The van der Waals surface area contributed by atoms with Gasteiger partial charge in [0, 0.05) is 0 Å². The third-order valence-electron chi connectivity index (χ3n) is 4.21. The zero-order valence-electron chi connectivity index (χ0n) is 14.2. The van der Waals surface area contributed by atoms with E-state index < -0.39 is 18.3 Å². The molecule has 5 rings (SSSR count). The second-order valence-electron chi connectivity index (χ2n) is 6.09. The van der Waals surface area contributed by atoms with Gasteiger partial charge in [0.2, 0.25) is 0 Å². The number of hydrogen-bond donors (Lipinski definition) is 3. The van der Waals surface area contributed by atoms with Gasteiger partial charge in [0.15, 0.2) is 10.0 Å². The summed E-state index contributed by atoms with van der Waals surface area (Å²) in [5, 5.41) is 28.2. The zero-order chi connectivity index (χ0) is 18.8. The molecule has 2 aromatic heterocycles. The summed E-state index contributed by atoms with van der Waals surface area (Å²) < 4.78 is 7.21. The monoisotopic (exact) mass is 402 g/mol. The minimum atomic E-state index is -0.921. The second kappa shape index (κ2) is 7.97. The first-order valence-corrected chi connectivity index (χ1v) is 10.1. The van der Waals surface area contributed by atoms with E-state index >= 15 is 0 Å². The van der Waals surface area contributed by atoms with Crippen molar-refractivity contribution in [2.45, 2.75) is 18.3 Å². The number of nitrogens with zero attached hydrogens (tertiary/aromatic N) is 2. The van der Waals surface area contributed by atoms with Crippen molar-refractivity contribution in [2.75, 3.05) is 13.2 Å². The fourth-order valence-electron chi connectivity index (χ4n) is 2.76. The van der Waals surface area contributed by atoms with E-state index in [4.69, 9.17) is 20.1 Å². The van der Waals surface area contributed by atoms with Gasteiger partial charge in [0.1, 0.15) is 18.3 Å². The highest BCUT2D eigenvalue weighted by atomic mass is 32.1. The summed E-state index contributed by atoms with van der Waals surface area (Å²) >= 11 is 3.40. The average molecular weight is 402 g/mol. The topological polar surface area (TPSA) is 95.7 Å². The minimum Gasteiger partial charge on any atom is -0.394 e. The van der Waals surface area contributed by atoms with E-state index in [1.165, 1.54) is 9.40 Å². The van der Waals surface area contributed by atoms with Crippen molar-refractivity contribution in [1.29, 1.82) is 0 Å². The standard InChI is InChI=1S/C14H8N2S2.C5H10O4/c1-3-7-11-9(5-1)15-13(17-11)14-16-10-6-2-4-8-12(10)18-14;6-1-4-5(8)3(7)2-9-4/h1-8H;3-8H,1-2H2/t;3-,4+,5-/m.0/s1. The largest absolute Gasteiger partial charge is 0.394 e. The van der Waals surface area contributed by atoms with E-state index in [0.29, 0.717) is 0 Å². The predicted molar refractivity (Wildman–Crippen MR) is 107 cm³/mol. The highest BCUT2D eigenvalue weighted by molar-refractivity contribution is 7.27. The number of hydrogen-bond acceptors (Lipinski definition) is 8. The second-order valence-corrected chi connectivity index (χ2v) is 8.15. The third-order valence-corrected chi connectivity index (χ3v) is 6.42. The summed E-state index contributed by atoms with van der Waals surface area (Å²) in [7, 11) is 0. The van der Waals surface area contributed by atoms with E-state index in [9.17, 15) is 0 Å². The van der Waals surface area contributed by atoms with Crippen molar-refractivity contribution in [2.24, 2.45) is 0 Å². The number of aliphatic hydroxyl groups is 3. The van der Waals surface area contributed by atoms with Crippen molar-refractivity contribution in [3.63, 3.8) is 0 Å². The van der Waals surface area contributed by atoms with E-state index in [-0.39, 0.29) is 13.2 Å². The molecule has 3 N–H and O–H groups in total. The summed E-state index contributed by atoms with van der Waals surface area (Å²) in [4.78, 5) is 9.29. The van der Waals surface area contributed by atoms with E-state index in [0.717, 1.165) is 21.0 Å². The molecule has 0 spiro atoms. The van der Waals surface area contributed by atoms with Gasteiger partial charge in [0.25, 0.3) is 0 Å². The van der Waals surface area contributed by atoms with Crippen molar-refractivity contribution in [3.8, 4) is 10.0 Å². The molecule has 27 heavy (non-hydrogen) atoms. The van der Waals surface area contributed by atoms with E-state index in [1.54, 1.807) is 22.7 Å². The van der Waals surface area contributed by atoms with Crippen LogP contribution in [0, 0.1) is 0 Å². The van der Waals surface area contributed by atoms with Crippen LogP contribution in [-0.4, -0.2) is 56.8 Å². The highest BCUT2D eigenvalue weighted by Gasteiger charge is 2.33. The molecular weight excluding hydrogens is 384 g/mol. The Morgan fingerprint density at radius 2 is 1.41 bits per heavy atom. The molecule has 140 valence electrons. The Morgan fingerprint density at radius 1 is 0.889 bits per heavy atom. The Labute approximate surface area is 163 Å². The van der Waals surface area contributed by atoms with E-state index in [2.05, 4.69) is 22.1 Å². The fourth-order valence-corrected chi connectivity index (χ4v) is 4.71. The SMILES string of the molecule is OC[C@H]1OC[C@H](O)[C@@H]1O.c1ccc2sc(-c3nc4ccccc4s3)nc2c1. The number of aliphatic hydroxyl groups excluding tert-OH is 3. The number of benzene rings is 2. The number of para-hydroxylation sites is 2. The normalized spacial score (nSPS) is 22.1. The van der Waals surface area contributed by atoms with Gasteiger partial charge in [0.05, 0.1) is 33.6 Å². The molecule has 1 aliphatic rings. The molecule has 2 aromatic carbocycles. The van der Waals surface area contributed by atoms with Gasteiger partial charge in [-0.3, -0.25) is 0 Å². The molecular formula is C19H18N2O4S2. The molecule has 0 aliphatic carbocycles. The van der Waals surface area contributed by atoms with Crippen LogP contribution in [0.4, 0.5) is 0 Å². The number of aromatic nitrogens is 2. The van der Waals surface area contributed by atoms with Crippen LogP contribution in [0.25, 0.3) is 30.4 Å². The molecule has 0 saturated carbocycles. The molecule has 0 radical (unpaired) electrons. The Hall–Kier alpha value is -1.94. The minimum absolute atomic E-state index is 0.117. The van der Waals surface area contributed by atoms with Gasteiger partial charge < -0.3 is 20.1 Å². The molecule has 0 amide bonds. The lowest BCUT2D eigenvalue weighted by Gasteiger charge is -2.10. The average Bonchev–Trinajstić information content (AvgIpc) is 3.39. The van der Waals surface area contributed by atoms with Crippen LogP contribution in [0.3, 0.4) is 0 Å². The molecule has 1 fully saturated rings. The first-order chi connectivity index (χ1) is 13.2. The predicted octanol–water partition coefficient (Wildman–Crippen LogP) is 2.67. The lowest BCUT2D eigenvalue weighted by Crippen LogP contribution is -2.31. The summed E-state index contributed by atoms with van der Waals surface area (Å²) in [6.07, 6.45) is -2.35.